The fourth-order valence-electron chi connectivity index (χ4n) is 1.76. The van der Waals surface area contributed by atoms with Crippen molar-refractivity contribution in [2.75, 3.05) is 6.54 Å². The van der Waals surface area contributed by atoms with E-state index in [2.05, 4.69) is 5.32 Å². The molecule has 0 heterocycles. The molecule has 0 saturated carbocycles. The molecule has 1 N–H and O–H groups in total. The molecule has 0 saturated heterocycles. The van der Waals surface area contributed by atoms with Crippen LogP contribution in [0, 0.1) is 6.92 Å². The van der Waals surface area contributed by atoms with Crippen LogP contribution in [0.4, 0.5) is 22.0 Å². The Kier molecular flexibility index (Phi) is 4.67. The summed E-state index contributed by atoms with van der Waals surface area (Å²) in [6.07, 6.45) is -7.12. The van der Waals surface area contributed by atoms with Crippen LogP contribution in [-0.4, -0.2) is 13.0 Å². The molecule has 0 aliphatic heterocycles. The summed E-state index contributed by atoms with van der Waals surface area (Å²) in [5.74, 6) is 0. The largest absolute Gasteiger partial charge is 0.416 e. The van der Waals surface area contributed by atoms with Gasteiger partial charge in [0.25, 0.3) is 6.43 Å². The lowest BCUT2D eigenvalue weighted by Crippen LogP contribution is -2.28. The Bertz CT molecular complexity index is 400. The van der Waals surface area contributed by atoms with Gasteiger partial charge in [0.05, 0.1) is 11.6 Å². The predicted molar refractivity (Wildman–Crippen MR) is 58.6 cm³/mol. The van der Waals surface area contributed by atoms with Crippen LogP contribution < -0.4 is 5.32 Å². The summed E-state index contributed by atoms with van der Waals surface area (Å²) >= 11 is 0. The summed E-state index contributed by atoms with van der Waals surface area (Å²) in [6, 6.07) is 1.59. The van der Waals surface area contributed by atoms with Crippen molar-refractivity contribution in [2.45, 2.75) is 32.5 Å². The summed E-state index contributed by atoms with van der Waals surface area (Å²) in [4.78, 5) is 0. The van der Waals surface area contributed by atoms with Crippen molar-refractivity contribution < 1.29 is 22.0 Å². The molecule has 1 unspecified atom stereocenters. The lowest BCUT2D eigenvalue weighted by Gasteiger charge is -2.20. The monoisotopic (exact) mass is 267 g/mol. The number of hydrogen-bond acceptors (Lipinski definition) is 1. The van der Waals surface area contributed by atoms with Crippen molar-refractivity contribution in [3.8, 4) is 0 Å². The molecule has 1 atom stereocenters. The Hall–Kier alpha value is -1.17. The van der Waals surface area contributed by atoms with Gasteiger partial charge in [-0.05, 0) is 36.7 Å². The number of hydrogen-bond donors (Lipinski definition) is 1. The molecule has 102 valence electrons. The van der Waals surface area contributed by atoms with E-state index in [9.17, 15) is 22.0 Å². The highest BCUT2D eigenvalue weighted by molar-refractivity contribution is 5.35. The van der Waals surface area contributed by atoms with Crippen molar-refractivity contribution in [3.63, 3.8) is 0 Å². The maximum Gasteiger partial charge on any atom is 0.416 e. The third-order valence-corrected chi connectivity index (χ3v) is 2.61. The van der Waals surface area contributed by atoms with E-state index in [1.165, 1.54) is 6.92 Å². The van der Waals surface area contributed by atoms with Gasteiger partial charge in [-0.25, -0.2) is 8.78 Å². The molecule has 18 heavy (non-hydrogen) atoms. The molecule has 1 aromatic carbocycles. The van der Waals surface area contributed by atoms with Crippen LogP contribution in [0.1, 0.15) is 29.7 Å². The van der Waals surface area contributed by atoms with Gasteiger partial charge in [0.15, 0.2) is 0 Å². The highest BCUT2D eigenvalue weighted by Gasteiger charge is 2.32. The first-order valence-corrected chi connectivity index (χ1v) is 5.46. The van der Waals surface area contributed by atoms with Crippen molar-refractivity contribution in [3.05, 3.63) is 34.9 Å². The van der Waals surface area contributed by atoms with E-state index < -0.39 is 24.2 Å². The van der Waals surface area contributed by atoms with Gasteiger partial charge in [-0.1, -0.05) is 13.0 Å². The Morgan fingerprint density at radius 2 is 1.83 bits per heavy atom. The molecule has 6 heteroatoms. The Morgan fingerprint density at radius 3 is 2.22 bits per heavy atom. The molecule has 0 aliphatic rings. The van der Waals surface area contributed by atoms with Crippen LogP contribution in [0.3, 0.4) is 0 Å². The molecule has 1 rings (SSSR count). The molecular weight excluding hydrogens is 253 g/mol. The summed E-state index contributed by atoms with van der Waals surface area (Å²) in [6.45, 7) is 3.38. The standard InChI is InChI=1S/C12H14F5N/c1-3-18-10(11(13)14)9-5-4-8(6-7(9)2)12(15,16)17/h4-6,10-11,18H,3H2,1-2H3. The molecule has 1 nitrogen and oxygen atoms in total. The van der Waals surface area contributed by atoms with E-state index in [4.69, 9.17) is 0 Å². The number of rotatable bonds is 4. The molecule has 0 bridgehead atoms. The minimum absolute atomic E-state index is 0.194. The molecule has 0 amide bonds. The van der Waals surface area contributed by atoms with E-state index in [-0.39, 0.29) is 11.1 Å². The minimum Gasteiger partial charge on any atom is -0.305 e. The highest BCUT2D eigenvalue weighted by Crippen LogP contribution is 2.32. The maximum absolute atomic E-state index is 12.8. The topological polar surface area (TPSA) is 12.0 Å². The fraction of sp³-hybridized carbons (Fsp3) is 0.500. The van der Waals surface area contributed by atoms with Gasteiger partial charge < -0.3 is 5.32 Å². The molecule has 0 aromatic heterocycles. The summed E-state index contributed by atoms with van der Waals surface area (Å²) < 4.78 is 62.9. The van der Waals surface area contributed by atoms with Gasteiger partial charge in [0.2, 0.25) is 0 Å². The lowest BCUT2D eigenvalue weighted by molar-refractivity contribution is -0.137. The highest BCUT2D eigenvalue weighted by atomic mass is 19.4. The van der Waals surface area contributed by atoms with Crippen LogP contribution >= 0.6 is 0 Å². The zero-order chi connectivity index (χ0) is 13.9. The molecule has 0 fully saturated rings. The van der Waals surface area contributed by atoms with E-state index in [1.807, 2.05) is 0 Å². The van der Waals surface area contributed by atoms with Gasteiger partial charge in [-0.3, -0.25) is 0 Å². The molecule has 0 spiro atoms. The van der Waals surface area contributed by atoms with Crippen molar-refractivity contribution >= 4 is 0 Å². The third kappa shape index (κ3) is 3.41. The van der Waals surface area contributed by atoms with Crippen molar-refractivity contribution in [1.29, 1.82) is 0 Å². The van der Waals surface area contributed by atoms with Crippen molar-refractivity contribution in [2.24, 2.45) is 0 Å². The molecular formula is C12H14F5N. The second-order valence-corrected chi connectivity index (χ2v) is 3.94. The van der Waals surface area contributed by atoms with Gasteiger partial charge in [0, 0.05) is 0 Å². The number of benzene rings is 1. The quantitative estimate of drug-likeness (QED) is 0.815. The van der Waals surface area contributed by atoms with Crippen LogP contribution in [0.5, 0.6) is 0 Å². The number of nitrogens with one attached hydrogen (secondary N) is 1. The Morgan fingerprint density at radius 1 is 1.22 bits per heavy atom. The average Bonchev–Trinajstić information content (AvgIpc) is 2.24. The molecule has 1 aromatic rings. The van der Waals surface area contributed by atoms with E-state index in [0.717, 1.165) is 18.2 Å². The first-order valence-electron chi connectivity index (χ1n) is 5.46. The summed E-state index contributed by atoms with van der Waals surface area (Å²) in [5, 5.41) is 2.57. The predicted octanol–water partition coefficient (Wildman–Crippen LogP) is 3.93. The first-order chi connectivity index (χ1) is 8.27. The third-order valence-electron chi connectivity index (χ3n) is 2.61. The second kappa shape index (κ2) is 5.65. The van der Waals surface area contributed by atoms with Crippen LogP contribution in [-0.2, 0) is 6.18 Å². The van der Waals surface area contributed by atoms with E-state index >= 15 is 0 Å². The number of aryl methyl sites for hydroxylation is 1. The van der Waals surface area contributed by atoms with E-state index in [0.29, 0.717) is 6.54 Å². The summed E-state index contributed by atoms with van der Waals surface area (Å²) in [7, 11) is 0. The average molecular weight is 267 g/mol. The Balaban J connectivity index is 3.11. The minimum atomic E-state index is -4.46. The van der Waals surface area contributed by atoms with Crippen LogP contribution in [0.15, 0.2) is 18.2 Å². The second-order valence-electron chi connectivity index (χ2n) is 3.94. The maximum atomic E-state index is 12.8. The first kappa shape index (κ1) is 14.9. The number of alkyl halides is 5. The smallest absolute Gasteiger partial charge is 0.305 e. The zero-order valence-electron chi connectivity index (χ0n) is 9.98. The summed E-state index contributed by atoms with van der Waals surface area (Å²) in [5.41, 5.74) is -0.427. The zero-order valence-corrected chi connectivity index (χ0v) is 9.98. The number of halogens is 5. The molecule has 0 radical (unpaired) electrons. The normalized spacial score (nSPS) is 14.0. The van der Waals surface area contributed by atoms with Crippen molar-refractivity contribution in [1.82, 2.24) is 5.32 Å². The van der Waals surface area contributed by atoms with Gasteiger partial charge in [-0.15, -0.1) is 0 Å². The lowest BCUT2D eigenvalue weighted by atomic mass is 9.99. The Labute approximate surface area is 102 Å². The van der Waals surface area contributed by atoms with Crippen LogP contribution in [0.2, 0.25) is 0 Å². The van der Waals surface area contributed by atoms with Gasteiger partial charge in [0.1, 0.15) is 0 Å². The van der Waals surface area contributed by atoms with Gasteiger partial charge >= 0.3 is 6.18 Å². The fourth-order valence-corrected chi connectivity index (χ4v) is 1.76. The SMILES string of the molecule is CCNC(c1ccc(C(F)(F)F)cc1C)C(F)F. The van der Waals surface area contributed by atoms with E-state index in [1.54, 1.807) is 6.92 Å². The van der Waals surface area contributed by atoms with Gasteiger partial charge in [-0.2, -0.15) is 13.2 Å². The van der Waals surface area contributed by atoms with Crippen LogP contribution in [0.25, 0.3) is 0 Å². The molecule has 0 aliphatic carbocycles.